The van der Waals surface area contributed by atoms with Gasteiger partial charge in [-0.2, -0.15) is 0 Å². The Bertz CT molecular complexity index is 396. The van der Waals surface area contributed by atoms with E-state index in [9.17, 15) is 0 Å². The number of rotatable bonds is 6. The van der Waals surface area contributed by atoms with Gasteiger partial charge in [-0.1, -0.05) is 12.1 Å². The van der Waals surface area contributed by atoms with Gasteiger partial charge in [0.25, 0.3) is 0 Å². The van der Waals surface area contributed by atoms with E-state index < -0.39 is 0 Å². The van der Waals surface area contributed by atoms with Crippen LogP contribution >= 0.6 is 0 Å². The minimum absolute atomic E-state index is 0.107. The highest BCUT2D eigenvalue weighted by Crippen LogP contribution is 2.22. The van der Waals surface area contributed by atoms with E-state index >= 15 is 0 Å². The lowest BCUT2D eigenvalue weighted by Crippen LogP contribution is -2.22. The molecule has 0 aromatic heterocycles. The molecule has 1 aromatic rings. The monoisotopic (exact) mass is 265 g/mol. The SMILES string of the molecule is CNC(C)c1ccc(OCCOC(C)(C)C)c(C)c1. The number of hydrogen-bond donors (Lipinski definition) is 1. The fourth-order valence-electron chi connectivity index (χ4n) is 1.77. The van der Waals surface area contributed by atoms with Gasteiger partial charge in [0.15, 0.2) is 0 Å². The zero-order valence-electron chi connectivity index (χ0n) is 13.0. The van der Waals surface area contributed by atoms with Gasteiger partial charge in [-0.05, 0) is 58.9 Å². The summed E-state index contributed by atoms with van der Waals surface area (Å²) in [6, 6.07) is 6.67. The molecule has 0 saturated carbocycles. The Morgan fingerprint density at radius 3 is 2.42 bits per heavy atom. The van der Waals surface area contributed by atoms with Gasteiger partial charge < -0.3 is 14.8 Å². The average molecular weight is 265 g/mol. The minimum Gasteiger partial charge on any atom is -0.491 e. The first-order chi connectivity index (χ1) is 8.83. The lowest BCUT2D eigenvalue weighted by Gasteiger charge is -2.20. The summed E-state index contributed by atoms with van der Waals surface area (Å²) >= 11 is 0. The molecule has 0 aliphatic rings. The van der Waals surface area contributed by atoms with Crippen molar-refractivity contribution in [1.82, 2.24) is 5.32 Å². The van der Waals surface area contributed by atoms with Crippen molar-refractivity contribution in [1.29, 1.82) is 0 Å². The van der Waals surface area contributed by atoms with Crippen LogP contribution in [0.15, 0.2) is 18.2 Å². The second-order valence-electron chi connectivity index (χ2n) is 5.84. The maximum Gasteiger partial charge on any atom is 0.122 e. The van der Waals surface area contributed by atoms with Gasteiger partial charge in [0.1, 0.15) is 12.4 Å². The first kappa shape index (κ1) is 16.0. The van der Waals surface area contributed by atoms with E-state index in [1.165, 1.54) is 5.56 Å². The van der Waals surface area contributed by atoms with Crippen LogP contribution in [0.2, 0.25) is 0 Å². The van der Waals surface area contributed by atoms with E-state index in [2.05, 4.69) is 31.3 Å². The molecule has 1 unspecified atom stereocenters. The molecule has 1 atom stereocenters. The molecule has 3 heteroatoms. The van der Waals surface area contributed by atoms with Crippen molar-refractivity contribution >= 4 is 0 Å². The van der Waals surface area contributed by atoms with E-state index in [0.29, 0.717) is 19.3 Å². The molecule has 3 nitrogen and oxygen atoms in total. The summed E-state index contributed by atoms with van der Waals surface area (Å²) in [5, 5.41) is 3.24. The second kappa shape index (κ2) is 6.92. The summed E-state index contributed by atoms with van der Waals surface area (Å²) in [6.07, 6.45) is 0. The lowest BCUT2D eigenvalue weighted by molar-refractivity contribution is -0.0163. The second-order valence-corrected chi connectivity index (χ2v) is 5.84. The van der Waals surface area contributed by atoms with E-state index in [0.717, 1.165) is 11.3 Å². The number of aryl methyl sites for hydroxylation is 1. The summed E-state index contributed by atoms with van der Waals surface area (Å²) in [6.45, 7) is 11.6. The van der Waals surface area contributed by atoms with E-state index in [1.807, 2.05) is 33.9 Å². The molecule has 0 bridgehead atoms. The van der Waals surface area contributed by atoms with Gasteiger partial charge in [0.05, 0.1) is 12.2 Å². The quantitative estimate of drug-likeness (QED) is 0.799. The molecule has 0 fully saturated rings. The number of hydrogen-bond acceptors (Lipinski definition) is 3. The van der Waals surface area contributed by atoms with Gasteiger partial charge in [-0.3, -0.25) is 0 Å². The normalized spacial score (nSPS) is 13.4. The Morgan fingerprint density at radius 2 is 1.89 bits per heavy atom. The molecule has 0 aliphatic heterocycles. The Morgan fingerprint density at radius 1 is 1.21 bits per heavy atom. The van der Waals surface area contributed by atoms with E-state index in [1.54, 1.807) is 0 Å². The molecule has 0 saturated heterocycles. The largest absolute Gasteiger partial charge is 0.491 e. The highest BCUT2D eigenvalue weighted by atomic mass is 16.5. The summed E-state index contributed by atoms with van der Waals surface area (Å²) in [4.78, 5) is 0. The summed E-state index contributed by atoms with van der Waals surface area (Å²) in [5.41, 5.74) is 2.33. The molecular weight excluding hydrogens is 238 g/mol. The smallest absolute Gasteiger partial charge is 0.122 e. The van der Waals surface area contributed by atoms with Crippen molar-refractivity contribution in [2.45, 2.75) is 46.3 Å². The van der Waals surface area contributed by atoms with Gasteiger partial charge >= 0.3 is 0 Å². The fourth-order valence-corrected chi connectivity index (χ4v) is 1.77. The Kier molecular flexibility index (Phi) is 5.83. The maximum atomic E-state index is 5.76. The molecule has 0 aliphatic carbocycles. The molecule has 0 radical (unpaired) electrons. The zero-order chi connectivity index (χ0) is 14.5. The van der Waals surface area contributed by atoms with Crippen LogP contribution in [-0.2, 0) is 4.74 Å². The van der Waals surface area contributed by atoms with Gasteiger partial charge in [-0.25, -0.2) is 0 Å². The van der Waals surface area contributed by atoms with E-state index in [4.69, 9.17) is 9.47 Å². The van der Waals surface area contributed by atoms with Crippen LogP contribution < -0.4 is 10.1 Å². The van der Waals surface area contributed by atoms with Crippen molar-refractivity contribution < 1.29 is 9.47 Å². The van der Waals surface area contributed by atoms with Gasteiger partial charge in [0, 0.05) is 6.04 Å². The van der Waals surface area contributed by atoms with Crippen LogP contribution in [0.3, 0.4) is 0 Å². The molecule has 19 heavy (non-hydrogen) atoms. The third-order valence-corrected chi connectivity index (χ3v) is 3.01. The minimum atomic E-state index is -0.107. The predicted molar refractivity (Wildman–Crippen MR) is 79.9 cm³/mol. The van der Waals surface area contributed by atoms with Crippen LogP contribution in [0.5, 0.6) is 5.75 Å². The standard InChI is InChI=1S/C16H27NO2/c1-12-11-14(13(2)17-6)7-8-15(12)18-9-10-19-16(3,4)5/h7-8,11,13,17H,9-10H2,1-6H3. The Balaban J connectivity index is 2.51. The molecular formula is C16H27NO2. The van der Waals surface area contributed by atoms with Crippen LogP contribution in [-0.4, -0.2) is 25.9 Å². The molecule has 0 amide bonds. The topological polar surface area (TPSA) is 30.5 Å². The molecule has 1 rings (SSSR count). The van der Waals surface area contributed by atoms with Crippen molar-refractivity contribution in [2.75, 3.05) is 20.3 Å². The van der Waals surface area contributed by atoms with Crippen molar-refractivity contribution in [3.05, 3.63) is 29.3 Å². The van der Waals surface area contributed by atoms with Crippen LogP contribution in [0.1, 0.15) is 44.9 Å². The summed E-state index contributed by atoms with van der Waals surface area (Å²) < 4.78 is 11.4. The molecule has 1 N–H and O–H groups in total. The third-order valence-electron chi connectivity index (χ3n) is 3.01. The zero-order valence-corrected chi connectivity index (χ0v) is 13.0. The first-order valence-corrected chi connectivity index (χ1v) is 6.88. The number of benzene rings is 1. The number of ether oxygens (including phenoxy) is 2. The van der Waals surface area contributed by atoms with Crippen molar-refractivity contribution in [3.8, 4) is 5.75 Å². The summed E-state index contributed by atoms with van der Waals surface area (Å²) in [7, 11) is 1.97. The molecule has 108 valence electrons. The third kappa shape index (κ3) is 5.62. The summed E-state index contributed by atoms with van der Waals surface area (Å²) in [5.74, 6) is 0.935. The van der Waals surface area contributed by atoms with Crippen molar-refractivity contribution in [2.24, 2.45) is 0 Å². The molecule has 0 heterocycles. The Hall–Kier alpha value is -1.06. The maximum absolute atomic E-state index is 5.76. The first-order valence-electron chi connectivity index (χ1n) is 6.88. The Labute approximate surface area is 117 Å². The predicted octanol–water partition coefficient (Wildman–Crippen LogP) is 3.47. The van der Waals surface area contributed by atoms with Crippen molar-refractivity contribution in [3.63, 3.8) is 0 Å². The van der Waals surface area contributed by atoms with Crippen LogP contribution in [0.4, 0.5) is 0 Å². The lowest BCUT2D eigenvalue weighted by atomic mass is 10.1. The average Bonchev–Trinajstić information content (AvgIpc) is 2.33. The van der Waals surface area contributed by atoms with Gasteiger partial charge in [-0.15, -0.1) is 0 Å². The number of nitrogens with one attached hydrogen (secondary N) is 1. The van der Waals surface area contributed by atoms with E-state index in [-0.39, 0.29) is 5.60 Å². The van der Waals surface area contributed by atoms with Gasteiger partial charge in [0.2, 0.25) is 0 Å². The highest BCUT2D eigenvalue weighted by Gasteiger charge is 2.10. The molecule has 0 spiro atoms. The van der Waals surface area contributed by atoms with Crippen LogP contribution in [0, 0.1) is 6.92 Å². The van der Waals surface area contributed by atoms with Crippen LogP contribution in [0.25, 0.3) is 0 Å². The fraction of sp³-hybridized carbons (Fsp3) is 0.625. The molecule has 1 aromatic carbocycles. The highest BCUT2D eigenvalue weighted by molar-refractivity contribution is 5.37.